The molecule has 2 aromatic rings. The standard InChI is InChI=1S/C13H15NO4/c1-4-18-13(15)10-5-8-6-11(16-2)12(17-3)7-9(8)14-10/h5-7,14H,4H2,1-3H3. The lowest BCUT2D eigenvalue weighted by Crippen LogP contribution is -2.04. The molecule has 0 amide bonds. The zero-order chi connectivity index (χ0) is 13.1. The maximum Gasteiger partial charge on any atom is 0.354 e. The molecule has 0 fully saturated rings. The maximum absolute atomic E-state index is 11.6. The van der Waals surface area contributed by atoms with Crippen molar-refractivity contribution >= 4 is 16.9 Å². The highest BCUT2D eigenvalue weighted by molar-refractivity contribution is 5.95. The zero-order valence-electron chi connectivity index (χ0n) is 10.6. The van der Waals surface area contributed by atoms with Gasteiger partial charge in [-0.3, -0.25) is 0 Å². The number of esters is 1. The van der Waals surface area contributed by atoms with Gasteiger partial charge in [-0.25, -0.2) is 4.79 Å². The molecule has 18 heavy (non-hydrogen) atoms. The minimum Gasteiger partial charge on any atom is -0.493 e. The predicted octanol–water partition coefficient (Wildman–Crippen LogP) is 2.36. The normalized spacial score (nSPS) is 10.4. The summed E-state index contributed by atoms with van der Waals surface area (Å²) in [5.74, 6) is 0.869. The van der Waals surface area contributed by atoms with Gasteiger partial charge in [-0.1, -0.05) is 0 Å². The van der Waals surface area contributed by atoms with E-state index in [0.29, 0.717) is 23.8 Å². The highest BCUT2D eigenvalue weighted by Crippen LogP contribution is 2.32. The fraction of sp³-hybridized carbons (Fsp3) is 0.308. The molecule has 0 aliphatic rings. The van der Waals surface area contributed by atoms with Crippen LogP contribution in [0.3, 0.4) is 0 Å². The van der Waals surface area contributed by atoms with E-state index in [-0.39, 0.29) is 5.97 Å². The quantitative estimate of drug-likeness (QED) is 0.845. The fourth-order valence-electron chi connectivity index (χ4n) is 1.78. The lowest BCUT2D eigenvalue weighted by molar-refractivity contribution is 0.0520. The summed E-state index contributed by atoms with van der Waals surface area (Å²) in [5, 5.41) is 0.871. The first-order chi connectivity index (χ1) is 8.69. The summed E-state index contributed by atoms with van der Waals surface area (Å²) >= 11 is 0. The SMILES string of the molecule is CCOC(=O)c1cc2cc(OC)c(OC)cc2[nH]1. The van der Waals surface area contributed by atoms with Crippen LogP contribution in [-0.4, -0.2) is 31.8 Å². The Bertz CT molecular complexity index is 533. The molecule has 0 saturated carbocycles. The number of H-pyrrole nitrogens is 1. The van der Waals surface area contributed by atoms with Crippen LogP contribution in [0, 0.1) is 0 Å². The molecule has 1 N–H and O–H groups in total. The van der Waals surface area contributed by atoms with Gasteiger partial charge in [0.15, 0.2) is 11.5 Å². The number of ether oxygens (including phenoxy) is 3. The Kier molecular flexibility index (Phi) is 3.41. The maximum atomic E-state index is 11.6. The van der Waals surface area contributed by atoms with Crippen molar-refractivity contribution in [3.8, 4) is 11.5 Å². The lowest BCUT2D eigenvalue weighted by atomic mass is 10.2. The van der Waals surface area contributed by atoms with Crippen LogP contribution in [0.25, 0.3) is 10.9 Å². The molecule has 0 bridgehead atoms. The van der Waals surface area contributed by atoms with Crippen LogP contribution in [-0.2, 0) is 4.74 Å². The fourth-order valence-corrected chi connectivity index (χ4v) is 1.78. The van der Waals surface area contributed by atoms with E-state index in [9.17, 15) is 4.79 Å². The van der Waals surface area contributed by atoms with Crippen molar-refractivity contribution in [2.24, 2.45) is 0 Å². The third-order valence-corrected chi connectivity index (χ3v) is 2.62. The van der Waals surface area contributed by atoms with E-state index < -0.39 is 0 Å². The first-order valence-corrected chi connectivity index (χ1v) is 5.61. The summed E-state index contributed by atoms with van der Waals surface area (Å²) in [4.78, 5) is 14.6. The molecule has 1 heterocycles. The van der Waals surface area contributed by atoms with Crippen molar-refractivity contribution in [3.63, 3.8) is 0 Å². The molecule has 5 nitrogen and oxygen atoms in total. The number of carbonyl (C=O) groups excluding carboxylic acids is 1. The number of carbonyl (C=O) groups is 1. The second-order valence-electron chi connectivity index (χ2n) is 3.70. The first kappa shape index (κ1) is 12.3. The van der Waals surface area contributed by atoms with Crippen LogP contribution >= 0.6 is 0 Å². The number of aromatic amines is 1. The van der Waals surface area contributed by atoms with E-state index in [4.69, 9.17) is 14.2 Å². The number of hydrogen-bond donors (Lipinski definition) is 1. The molecule has 0 unspecified atom stereocenters. The van der Waals surface area contributed by atoms with Crippen LogP contribution in [0.5, 0.6) is 11.5 Å². The third-order valence-electron chi connectivity index (χ3n) is 2.62. The van der Waals surface area contributed by atoms with Gasteiger partial charge in [0.1, 0.15) is 5.69 Å². The lowest BCUT2D eigenvalue weighted by Gasteiger charge is -2.06. The summed E-state index contributed by atoms with van der Waals surface area (Å²) < 4.78 is 15.3. The second kappa shape index (κ2) is 5.00. The Labute approximate surface area is 105 Å². The minimum atomic E-state index is -0.369. The number of aromatic nitrogens is 1. The van der Waals surface area contributed by atoms with Crippen molar-refractivity contribution in [2.45, 2.75) is 6.92 Å². The largest absolute Gasteiger partial charge is 0.493 e. The topological polar surface area (TPSA) is 60.6 Å². The Morgan fingerprint density at radius 1 is 1.17 bits per heavy atom. The van der Waals surface area contributed by atoms with Gasteiger partial charge in [-0.05, 0) is 19.1 Å². The van der Waals surface area contributed by atoms with Gasteiger partial charge in [0, 0.05) is 11.5 Å². The Morgan fingerprint density at radius 3 is 2.44 bits per heavy atom. The molecule has 1 aromatic heterocycles. The number of hydrogen-bond acceptors (Lipinski definition) is 4. The van der Waals surface area contributed by atoms with Crippen LogP contribution in [0.4, 0.5) is 0 Å². The summed E-state index contributed by atoms with van der Waals surface area (Å²) in [6.45, 7) is 2.12. The summed E-state index contributed by atoms with van der Waals surface area (Å²) in [6, 6.07) is 5.33. The third kappa shape index (κ3) is 2.11. The number of nitrogens with one attached hydrogen (secondary N) is 1. The van der Waals surface area contributed by atoms with E-state index in [1.807, 2.05) is 6.07 Å². The summed E-state index contributed by atoms with van der Waals surface area (Å²) in [6.07, 6.45) is 0. The average molecular weight is 249 g/mol. The zero-order valence-corrected chi connectivity index (χ0v) is 10.6. The first-order valence-electron chi connectivity index (χ1n) is 5.61. The molecule has 0 aliphatic carbocycles. The molecule has 0 aliphatic heterocycles. The van der Waals surface area contributed by atoms with Gasteiger partial charge in [0.2, 0.25) is 0 Å². The van der Waals surface area contributed by atoms with Gasteiger partial charge in [0.25, 0.3) is 0 Å². The summed E-state index contributed by atoms with van der Waals surface area (Å²) in [5.41, 5.74) is 1.22. The van der Waals surface area contributed by atoms with Crippen molar-refractivity contribution in [1.82, 2.24) is 4.98 Å². The molecule has 0 saturated heterocycles. The molecular weight excluding hydrogens is 234 g/mol. The van der Waals surface area contributed by atoms with E-state index >= 15 is 0 Å². The molecule has 0 radical (unpaired) electrons. The van der Waals surface area contributed by atoms with Gasteiger partial charge in [-0.2, -0.15) is 0 Å². The van der Waals surface area contributed by atoms with E-state index in [2.05, 4.69) is 4.98 Å². The molecule has 1 aromatic carbocycles. The van der Waals surface area contributed by atoms with E-state index in [0.717, 1.165) is 10.9 Å². The molecule has 96 valence electrons. The molecule has 0 atom stereocenters. The van der Waals surface area contributed by atoms with Crippen LogP contribution in [0.15, 0.2) is 18.2 Å². The van der Waals surface area contributed by atoms with Crippen molar-refractivity contribution in [3.05, 3.63) is 23.9 Å². The molecular formula is C13H15NO4. The minimum absolute atomic E-state index is 0.348. The molecule has 5 heteroatoms. The Balaban J connectivity index is 2.47. The van der Waals surface area contributed by atoms with Crippen molar-refractivity contribution in [2.75, 3.05) is 20.8 Å². The average Bonchev–Trinajstić information content (AvgIpc) is 2.80. The van der Waals surface area contributed by atoms with Crippen LogP contribution < -0.4 is 9.47 Å². The Hall–Kier alpha value is -2.17. The van der Waals surface area contributed by atoms with Crippen molar-refractivity contribution in [1.29, 1.82) is 0 Å². The van der Waals surface area contributed by atoms with Gasteiger partial charge in [-0.15, -0.1) is 0 Å². The highest BCUT2D eigenvalue weighted by atomic mass is 16.5. The van der Waals surface area contributed by atoms with Gasteiger partial charge in [0.05, 0.1) is 26.3 Å². The van der Waals surface area contributed by atoms with Crippen LogP contribution in [0.2, 0.25) is 0 Å². The highest BCUT2D eigenvalue weighted by Gasteiger charge is 2.13. The van der Waals surface area contributed by atoms with Gasteiger partial charge >= 0.3 is 5.97 Å². The predicted molar refractivity (Wildman–Crippen MR) is 67.4 cm³/mol. The number of fused-ring (bicyclic) bond motifs is 1. The van der Waals surface area contributed by atoms with E-state index in [1.54, 1.807) is 33.3 Å². The Morgan fingerprint density at radius 2 is 1.83 bits per heavy atom. The van der Waals surface area contributed by atoms with E-state index in [1.165, 1.54) is 0 Å². The molecule has 0 spiro atoms. The molecule has 2 rings (SSSR count). The number of rotatable bonds is 4. The smallest absolute Gasteiger partial charge is 0.354 e. The monoisotopic (exact) mass is 249 g/mol. The van der Waals surface area contributed by atoms with Crippen molar-refractivity contribution < 1.29 is 19.0 Å². The number of benzene rings is 1. The second-order valence-corrected chi connectivity index (χ2v) is 3.70. The van der Waals surface area contributed by atoms with Gasteiger partial charge < -0.3 is 19.2 Å². The summed E-state index contributed by atoms with van der Waals surface area (Å²) in [7, 11) is 3.14. The van der Waals surface area contributed by atoms with Crippen LogP contribution in [0.1, 0.15) is 17.4 Å². The number of methoxy groups -OCH3 is 2.